The molecule has 1 saturated heterocycles. The Kier molecular flexibility index (Phi) is 13.1. The SMILES string of the molecule is CC(=O)O[C@@]12CO[C@@H]1C[C@H](O)[C@@]1(C)C(=O)[C@H](OC(=O)Cc3ccccc3)C3=C(C)[C@@H](OC(=O)[C@H](O)[C@@H](NC(=O)c4ccccc4)c4ccccc4)C[C@@](O)([C@@H](OC(=O)c4ccccc4)[C@H]21)C3(C)C. The topological polar surface area (TPSA) is 221 Å². The second-order valence-corrected chi connectivity index (χ2v) is 18.9. The number of carbonyl (C=O) groups excluding carboxylic acids is 6. The molecule has 2 bridgehead atoms. The van der Waals surface area contributed by atoms with Gasteiger partial charge in [0.2, 0.25) is 0 Å². The predicted molar refractivity (Wildman–Crippen MR) is 242 cm³/mol. The number of aliphatic hydroxyl groups excluding tert-OH is 2. The number of esters is 4. The molecule has 0 unspecified atom stereocenters. The van der Waals surface area contributed by atoms with Crippen molar-refractivity contribution in [3.8, 4) is 0 Å². The van der Waals surface area contributed by atoms with Crippen molar-refractivity contribution in [2.45, 2.75) is 108 Å². The number of fused-ring (bicyclic) bond motifs is 5. The Morgan fingerprint density at radius 2 is 1.38 bits per heavy atom. The number of ether oxygens (including phenoxy) is 5. The Hall–Kier alpha value is -6.52. The van der Waals surface area contributed by atoms with Crippen molar-refractivity contribution in [2.24, 2.45) is 16.7 Å². The van der Waals surface area contributed by atoms with Gasteiger partial charge in [-0.25, -0.2) is 9.59 Å². The summed E-state index contributed by atoms with van der Waals surface area (Å²) < 4.78 is 31.0. The van der Waals surface area contributed by atoms with E-state index in [4.69, 9.17) is 23.7 Å². The highest BCUT2D eigenvalue weighted by Crippen LogP contribution is 2.64. The largest absolute Gasteiger partial charge is 0.456 e. The van der Waals surface area contributed by atoms with Gasteiger partial charge < -0.3 is 44.3 Å². The van der Waals surface area contributed by atoms with Crippen LogP contribution < -0.4 is 5.32 Å². The summed E-state index contributed by atoms with van der Waals surface area (Å²) in [6.45, 7) is 6.94. The standard InChI is InChI=1S/C53H55NO14/c1-30-36(65-49(62)42(58)41(33-20-12-7-13-21-33)54-47(60)34-22-14-8-15-23-34)28-53(63)46(67-48(61)35-24-16-9-17-25-35)44-51(5,37(56)27-38-52(44,29-64-38)68-31(2)55)45(59)43(40(30)50(53,3)4)66-39(57)26-32-18-10-6-11-19-32/h6-25,36-38,41-44,46,56,58,63H,26-29H2,1-5H3,(H,54,60)/t36-,37-,38+,41-,42+,43+,44-,46-,51+,52-,53+/m0/s1. The molecule has 15 nitrogen and oxygen atoms in total. The van der Waals surface area contributed by atoms with Crippen molar-refractivity contribution in [1.82, 2.24) is 5.32 Å². The van der Waals surface area contributed by atoms with E-state index in [0.29, 0.717) is 11.1 Å². The molecule has 8 rings (SSSR count). The molecule has 68 heavy (non-hydrogen) atoms. The van der Waals surface area contributed by atoms with Crippen LogP contribution in [0.3, 0.4) is 0 Å². The van der Waals surface area contributed by atoms with Gasteiger partial charge in [-0.2, -0.15) is 0 Å². The Balaban J connectivity index is 1.29. The minimum atomic E-state index is -2.43. The molecule has 0 radical (unpaired) electrons. The maximum Gasteiger partial charge on any atom is 0.338 e. The molecule has 1 amide bonds. The molecule has 0 aromatic heterocycles. The van der Waals surface area contributed by atoms with Gasteiger partial charge in [-0.15, -0.1) is 0 Å². The van der Waals surface area contributed by atoms with Gasteiger partial charge in [0.25, 0.3) is 5.91 Å². The summed E-state index contributed by atoms with van der Waals surface area (Å²) in [5.41, 5.74) is -6.64. The van der Waals surface area contributed by atoms with Crippen LogP contribution in [0.1, 0.15) is 85.3 Å². The highest BCUT2D eigenvalue weighted by atomic mass is 16.6. The van der Waals surface area contributed by atoms with E-state index in [1.807, 2.05) is 0 Å². The van der Waals surface area contributed by atoms with E-state index in [2.05, 4.69) is 5.32 Å². The first-order valence-corrected chi connectivity index (χ1v) is 22.6. The zero-order valence-electron chi connectivity index (χ0n) is 38.3. The van der Waals surface area contributed by atoms with Gasteiger partial charge in [0.05, 0.1) is 42.1 Å². The number of carbonyl (C=O) groups is 6. The average molecular weight is 930 g/mol. The third-order valence-electron chi connectivity index (χ3n) is 14.6. The maximum absolute atomic E-state index is 15.9. The number of ketones is 1. The molecular weight excluding hydrogens is 875 g/mol. The molecule has 4 aromatic rings. The highest BCUT2D eigenvalue weighted by Gasteiger charge is 2.78. The summed E-state index contributed by atoms with van der Waals surface area (Å²) in [6.07, 6.45) is -11.0. The van der Waals surface area contributed by atoms with E-state index in [-0.39, 0.29) is 41.7 Å². The van der Waals surface area contributed by atoms with Crippen LogP contribution in [-0.4, -0.2) is 105 Å². The fraction of sp³-hybridized carbons (Fsp3) is 0.396. The molecule has 1 aliphatic heterocycles. The number of hydrogen-bond acceptors (Lipinski definition) is 14. The predicted octanol–water partition coefficient (Wildman–Crippen LogP) is 4.96. The quantitative estimate of drug-likeness (QED) is 0.0839. The van der Waals surface area contributed by atoms with Crippen molar-refractivity contribution in [3.63, 3.8) is 0 Å². The highest BCUT2D eigenvalue weighted by molar-refractivity contribution is 5.96. The van der Waals surface area contributed by atoms with Crippen molar-refractivity contribution in [1.29, 1.82) is 0 Å². The lowest BCUT2D eigenvalue weighted by atomic mass is 9.44. The molecule has 4 aliphatic rings. The van der Waals surface area contributed by atoms with Crippen molar-refractivity contribution < 1.29 is 67.8 Å². The van der Waals surface area contributed by atoms with Crippen LogP contribution in [0.2, 0.25) is 0 Å². The lowest BCUT2D eigenvalue weighted by molar-refractivity contribution is -0.346. The van der Waals surface area contributed by atoms with Crippen LogP contribution >= 0.6 is 0 Å². The first-order chi connectivity index (χ1) is 32.3. The summed E-state index contributed by atoms with van der Waals surface area (Å²) in [4.78, 5) is 85.7. The maximum atomic E-state index is 15.9. The molecule has 15 heteroatoms. The molecular formula is C53H55NO14. The van der Waals surface area contributed by atoms with Crippen LogP contribution in [-0.2, 0) is 49.3 Å². The Bertz CT molecular complexity index is 2600. The van der Waals surface area contributed by atoms with Crippen molar-refractivity contribution in [3.05, 3.63) is 155 Å². The van der Waals surface area contributed by atoms with Crippen LogP contribution in [0.4, 0.5) is 0 Å². The summed E-state index contributed by atoms with van der Waals surface area (Å²) in [5, 5.41) is 40.9. The zero-order valence-corrected chi connectivity index (χ0v) is 38.3. The van der Waals surface area contributed by atoms with Gasteiger partial charge in [-0.1, -0.05) is 111 Å². The van der Waals surface area contributed by atoms with E-state index in [1.165, 1.54) is 26.0 Å². The fourth-order valence-electron chi connectivity index (χ4n) is 11.0. The monoisotopic (exact) mass is 929 g/mol. The van der Waals surface area contributed by atoms with E-state index >= 15 is 4.79 Å². The molecule has 356 valence electrons. The number of hydrogen-bond donors (Lipinski definition) is 4. The van der Waals surface area contributed by atoms with Crippen LogP contribution in [0, 0.1) is 16.7 Å². The fourth-order valence-corrected chi connectivity index (χ4v) is 11.0. The summed E-state index contributed by atoms with van der Waals surface area (Å²) >= 11 is 0. The normalized spacial score (nSPS) is 30.0. The first kappa shape index (κ1) is 48.0. The number of amides is 1. The molecule has 1 heterocycles. The second kappa shape index (κ2) is 18.5. The molecule has 3 aliphatic carbocycles. The number of benzene rings is 4. The summed E-state index contributed by atoms with van der Waals surface area (Å²) in [7, 11) is 0. The second-order valence-electron chi connectivity index (χ2n) is 18.9. The minimum absolute atomic E-state index is 0.0110. The summed E-state index contributed by atoms with van der Waals surface area (Å²) in [6, 6.07) is 31.6. The van der Waals surface area contributed by atoms with Gasteiger partial charge in [-0.05, 0) is 60.4 Å². The van der Waals surface area contributed by atoms with Crippen molar-refractivity contribution >= 4 is 35.6 Å². The van der Waals surface area contributed by atoms with Gasteiger partial charge >= 0.3 is 23.9 Å². The third kappa shape index (κ3) is 8.31. The van der Waals surface area contributed by atoms with Gasteiger partial charge in [-0.3, -0.25) is 19.2 Å². The smallest absolute Gasteiger partial charge is 0.338 e. The number of nitrogens with one attached hydrogen (secondary N) is 1. The van der Waals surface area contributed by atoms with E-state index < -0.39 is 113 Å². The zero-order chi connectivity index (χ0) is 48.8. The number of aliphatic hydroxyl groups is 3. The number of rotatable bonds is 12. The molecule has 4 N–H and O–H groups in total. The summed E-state index contributed by atoms with van der Waals surface area (Å²) in [5.74, 6) is -6.85. The van der Waals surface area contributed by atoms with Crippen LogP contribution in [0.15, 0.2) is 132 Å². The van der Waals surface area contributed by atoms with Gasteiger partial charge in [0, 0.05) is 30.7 Å². The molecule has 4 aromatic carbocycles. The van der Waals surface area contributed by atoms with Crippen molar-refractivity contribution in [2.75, 3.05) is 6.61 Å². The molecule has 3 fully saturated rings. The first-order valence-electron chi connectivity index (χ1n) is 22.6. The Morgan fingerprint density at radius 3 is 1.96 bits per heavy atom. The van der Waals surface area contributed by atoms with Crippen LogP contribution in [0.25, 0.3) is 0 Å². The van der Waals surface area contributed by atoms with E-state index in [1.54, 1.807) is 123 Å². The third-order valence-corrected chi connectivity index (χ3v) is 14.6. The van der Waals surface area contributed by atoms with E-state index in [9.17, 15) is 39.3 Å². The average Bonchev–Trinajstić information content (AvgIpc) is 3.32. The Labute approximate surface area is 393 Å². The van der Waals surface area contributed by atoms with E-state index in [0.717, 1.165) is 6.92 Å². The van der Waals surface area contributed by atoms with Crippen LogP contribution in [0.5, 0.6) is 0 Å². The Morgan fingerprint density at radius 1 is 0.809 bits per heavy atom. The molecule has 0 spiro atoms. The number of Topliss-reactive ketones (excluding diaryl/α,β-unsaturated/α-hetero) is 1. The molecule has 11 atom stereocenters. The lowest BCUT2D eigenvalue weighted by Crippen LogP contribution is -2.82. The van der Waals surface area contributed by atoms with Gasteiger partial charge in [0.15, 0.2) is 23.6 Å². The molecule has 2 saturated carbocycles. The minimum Gasteiger partial charge on any atom is -0.456 e. The van der Waals surface area contributed by atoms with Gasteiger partial charge in [0.1, 0.15) is 23.9 Å². The lowest BCUT2D eigenvalue weighted by Gasteiger charge is -2.67.